The van der Waals surface area contributed by atoms with Crippen molar-refractivity contribution in [1.29, 1.82) is 0 Å². The van der Waals surface area contributed by atoms with Crippen molar-refractivity contribution in [2.45, 2.75) is 18.4 Å². The first kappa shape index (κ1) is 24.8. The fourth-order valence-corrected chi connectivity index (χ4v) is 0.973. The molecule has 0 saturated heterocycles. The van der Waals surface area contributed by atoms with Crippen LogP contribution in [0.2, 0.25) is 0 Å². The molecule has 0 aromatic rings. The Kier molecular flexibility index (Phi) is 12.4. The predicted octanol–water partition coefficient (Wildman–Crippen LogP) is -6.20. The van der Waals surface area contributed by atoms with E-state index in [9.17, 15) is 34.8 Å². The first-order valence-electron chi connectivity index (χ1n) is 5.57. The molecule has 123 valence electrons. The zero-order chi connectivity index (χ0) is 16.6. The van der Waals surface area contributed by atoms with Gasteiger partial charge in [0.2, 0.25) is 0 Å². The summed E-state index contributed by atoms with van der Waals surface area (Å²) in [4.78, 5) is 29.9. The minimum atomic E-state index is -3.22. The molecule has 1 radical (unpaired) electrons. The molecule has 0 aliphatic heterocycles. The van der Waals surface area contributed by atoms with E-state index in [4.69, 9.17) is 5.11 Å². The fraction of sp³-hybridized carbons (Fsp3) is 0.727. The number of hydrogen-bond acceptors (Lipinski definition) is 8. The van der Waals surface area contributed by atoms with Crippen molar-refractivity contribution in [2.75, 3.05) is 34.3 Å². The number of aliphatic hydroxyl groups excluding tert-OH is 1. The average Bonchev–Trinajstić information content (AvgIpc) is 2.12. The van der Waals surface area contributed by atoms with Crippen molar-refractivity contribution in [2.24, 2.45) is 0 Å². The molecule has 9 nitrogen and oxygen atoms in total. The van der Waals surface area contributed by atoms with Crippen LogP contribution in [0.5, 0.6) is 0 Å². The van der Waals surface area contributed by atoms with Crippen LogP contribution in [0.15, 0.2) is 0 Å². The standard InChI is InChI=1S/C6H7O7.C5H14NO.Fe/c7-3(8)1-6(13,5(11)12)2-4(9)10;1-6(2,3)4-5-7;/h1-2H2,(H,7,8)(H,9,10)(H,11,12);7H,4-5H2,1-3H3;/q-1;+1;+3/p-3. The van der Waals surface area contributed by atoms with Crippen LogP contribution in [0, 0.1) is 0 Å². The summed E-state index contributed by atoms with van der Waals surface area (Å²) in [5.41, 5.74) is -3.22. The molecule has 10 heteroatoms. The van der Waals surface area contributed by atoms with Gasteiger partial charge in [-0.25, -0.2) is 0 Å². The van der Waals surface area contributed by atoms with Gasteiger partial charge in [0.15, 0.2) is 0 Å². The summed E-state index contributed by atoms with van der Waals surface area (Å²) >= 11 is 0. The molecule has 21 heavy (non-hydrogen) atoms. The Morgan fingerprint density at radius 2 is 1.33 bits per heavy atom. The number of likely N-dealkylation sites (N-methyl/N-ethyl adjacent to an activating group) is 1. The van der Waals surface area contributed by atoms with Crippen molar-refractivity contribution in [3.63, 3.8) is 0 Å². The molecular weight excluding hydrogens is 330 g/mol. The van der Waals surface area contributed by atoms with E-state index in [2.05, 4.69) is 21.1 Å². The largest absolute Gasteiger partial charge is 3.00 e. The van der Waals surface area contributed by atoms with Crippen molar-refractivity contribution >= 4 is 17.9 Å². The Morgan fingerprint density at radius 3 is 1.43 bits per heavy atom. The molecule has 0 spiro atoms. The third kappa shape index (κ3) is 15.0. The molecule has 0 atom stereocenters. The second-order valence-corrected chi connectivity index (χ2v) is 5.12. The van der Waals surface area contributed by atoms with Crippen LogP contribution in [0.4, 0.5) is 0 Å². The van der Waals surface area contributed by atoms with Crippen LogP contribution in [0.25, 0.3) is 0 Å². The van der Waals surface area contributed by atoms with Crippen LogP contribution in [-0.2, 0) is 31.5 Å². The summed E-state index contributed by atoms with van der Waals surface area (Å²) in [6.07, 6.45) is -2.94. The van der Waals surface area contributed by atoms with Gasteiger partial charge < -0.3 is 44.4 Å². The number of quaternary nitrogens is 1. The number of nitrogens with zero attached hydrogens (tertiary/aromatic N) is 1. The molecule has 0 rings (SSSR count). The molecule has 0 saturated carbocycles. The van der Waals surface area contributed by atoms with E-state index in [1.54, 1.807) is 0 Å². The third-order valence-corrected chi connectivity index (χ3v) is 2.00. The van der Waals surface area contributed by atoms with Gasteiger partial charge in [0, 0.05) is 17.9 Å². The van der Waals surface area contributed by atoms with Crippen molar-refractivity contribution < 1.29 is 61.5 Å². The second-order valence-electron chi connectivity index (χ2n) is 5.12. The number of carbonyl (C=O) groups excluding carboxylic acids is 3. The van der Waals surface area contributed by atoms with Gasteiger partial charge in [-0.2, -0.15) is 0 Å². The molecule has 1 N–H and O–H groups in total. The Morgan fingerprint density at radius 1 is 1.00 bits per heavy atom. The minimum absolute atomic E-state index is 0. The summed E-state index contributed by atoms with van der Waals surface area (Å²) in [7, 11) is 6.16. The quantitative estimate of drug-likeness (QED) is 0.351. The van der Waals surface area contributed by atoms with Crippen LogP contribution in [0.1, 0.15) is 12.8 Å². The number of rotatable bonds is 7. The average molecular weight is 348 g/mol. The maximum absolute atomic E-state index is 10.9. The van der Waals surface area contributed by atoms with Crippen molar-refractivity contribution in [3.8, 4) is 0 Å². The van der Waals surface area contributed by atoms with E-state index in [0.717, 1.165) is 11.0 Å². The number of carboxylic acid groups (broad SMARTS) is 3. The SMILES string of the molecule is C[N+](C)(C)CCO.O=C([O-])CC([O-])(CC(=O)[O-])C(=O)[O-].[Fe+3]. The third-order valence-electron chi connectivity index (χ3n) is 2.00. The number of carboxylic acids is 3. The summed E-state index contributed by atoms with van der Waals surface area (Å²) in [6.45, 7) is 1.11. The van der Waals surface area contributed by atoms with E-state index < -0.39 is 36.4 Å². The van der Waals surface area contributed by atoms with Crippen LogP contribution in [-0.4, -0.2) is 67.4 Å². The molecule has 0 aliphatic carbocycles. The van der Waals surface area contributed by atoms with Crippen LogP contribution in [0.3, 0.4) is 0 Å². The number of hydrogen-bond donors (Lipinski definition) is 1. The van der Waals surface area contributed by atoms with E-state index in [-0.39, 0.29) is 23.7 Å². The van der Waals surface area contributed by atoms with Gasteiger partial charge in [0.1, 0.15) is 6.54 Å². The normalized spacial score (nSPS) is 10.7. The van der Waals surface area contributed by atoms with Crippen LogP contribution < -0.4 is 20.4 Å². The maximum Gasteiger partial charge on any atom is 3.00 e. The van der Waals surface area contributed by atoms with Gasteiger partial charge in [-0.3, -0.25) is 0 Å². The van der Waals surface area contributed by atoms with E-state index in [1.165, 1.54) is 0 Å². The molecule has 0 aromatic carbocycles. The zero-order valence-corrected chi connectivity index (χ0v) is 13.0. The smallest absolute Gasteiger partial charge is 0.845 e. The first-order valence-corrected chi connectivity index (χ1v) is 5.57. The van der Waals surface area contributed by atoms with E-state index in [1.807, 2.05) is 0 Å². The van der Waals surface area contributed by atoms with Crippen LogP contribution >= 0.6 is 0 Å². The first-order chi connectivity index (χ1) is 8.84. The Labute approximate surface area is 132 Å². The fourth-order valence-electron chi connectivity index (χ4n) is 0.973. The Bertz CT molecular complexity index is 337. The van der Waals surface area contributed by atoms with Gasteiger partial charge in [0.05, 0.1) is 27.7 Å². The Balaban J connectivity index is -0.000000347. The van der Waals surface area contributed by atoms with Gasteiger partial charge in [-0.1, -0.05) is 5.60 Å². The predicted molar refractivity (Wildman–Crippen MR) is 57.0 cm³/mol. The number of aliphatic carboxylic acids is 3. The summed E-state index contributed by atoms with van der Waals surface area (Å²) in [5, 5.41) is 49.2. The maximum atomic E-state index is 10.9. The minimum Gasteiger partial charge on any atom is -0.845 e. The zero-order valence-electron chi connectivity index (χ0n) is 11.9. The summed E-state index contributed by atoms with van der Waals surface area (Å²) in [6, 6.07) is 0. The van der Waals surface area contributed by atoms with Gasteiger partial charge in [-0.05, 0) is 12.8 Å². The summed E-state index contributed by atoms with van der Waals surface area (Å²) in [5.74, 6) is -6.22. The molecule has 0 heterocycles. The second kappa shape index (κ2) is 10.5. The molecule has 0 aromatic heterocycles. The molecular formula is C11H18FeNO8. The molecule has 0 aliphatic rings. The summed E-state index contributed by atoms with van der Waals surface area (Å²) < 4.78 is 0.844. The van der Waals surface area contributed by atoms with Crippen molar-refractivity contribution in [3.05, 3.63) is 0 Å². The van der Waals surface area contributed by atoms with Gasteiger partial charge in [-0.15, -0.1) is 0 Å². The molecule has 0 unspecified atom stereocenters. The van der Waals surface area contributed by atoms with Gasteiger partial charge in [0.25, 0.3) is 0 Å². The Hall–Kier alpha value is -1.19. The number of carbonyl (C=O) groups is 3. The van der Waals surface area contributed by atoms with Gasteiger partial charge >= 0.3 is 17.1 Å². The molecule has 0 bridgehead atoms. The van der Waals surface area contributed by atoms with E-state index >= 15 is 0 Å². The topological polar surface area (TPSA) is 164 Å². The monoisotopic (exact) mass is 348 g/mol. The van der Waals surface area contributed by atoms with E-state index in [0.29, 0.717) is 0 Å². The number of aliphatic hydroxyl groups is 1. The molecule has 0 amide bonds. The van der Waals surface area contributed by atoms with Crippen molar-refractivity contribution in [1.82, 2.24) is 0 Å². The molecule has 0 fully saturated rings.